The van der Waals surface area contributed by atoms with E-state index in [4.69, 9.17) is 19.3 Å². The summed E-state index contributed by atoms with van der Waals surface area (Å²) in [5.74, 6) is -2.19. The fraction of sp³-hybridized carbons (Fsp3) is 0.833. The molecule has 1 aliphatic rings. The molecule has 1 aliphatic heterocycles. The van der Waals surface area contributed by atoms with Gasteiger partial charge >= 0.3 is 7.60 Å². The number of carbonyl (C=O) groups is 1. The molecule has 0 aromatic heterocycles. The Morgan fingerprint density at radius 1 is 1.46 bits per heavy atom. The van der Waals surface area contributed by atoms with Crippen LogP contribution in [0.25, 0.3) is 0 Å². The maximum absolute atomic E-state index is 11.2. The first-order valence-corrected chi connectivity index (χ1v) is 5.49. The highest BCUT2D eigenvalue weighted by Crippen LogP contribution is 2.36. The van der Waals surface area contributed by atoms with Crippen LogP contribution < -0.4 is 0 Å². The van der Waals surface area contributed by atoms with Crippen molar-refractivity contribution >= 4 is 13.4 Å². The minimum absolute atomic E-state index is 0.267. The predicted molar refractivity (Wildman–Crippen MR) is 42.2 cm³/mol. The van der Waals surface area contributed by atoms with E-state index in [0.717, 1.165) is 0 Å². The highest BCUT2D eigenvalue weighted by atomic mass is 31.2. The van der Waals surface area contributed by atoms with Gasteiger partial charge in [-0.15, -0.1) is 0 Å². The van der Waals surface area contributed by atoms with Gasteiger partial charge in [0.25, 0.3) is 0 Å². The molecule has 7 heteroatoms. The Morgan fingerprint density at radius 2 is 1.92 bits per heavy atom. The maximum atomic E-state index is 11.2. The lowest BCUT2D eigenvalue weighted by Gasteiger charge is -2.20. The lowest BCUT2D eigenvalue weighted by Crippen LogP contribution is -2.38. The van der Waals surface area contributed by atoms with Crippen molar-refractivity contribution in [2.45, 2.75) is 12.7 Å². The summed E-state index contributed by atoms with van der Waals surface area (Å²) in [7, 11) is -4.33. The maximum Gasteiger partial charge on any atom is 0.333 e. The minimum Gasteiger partial charge on any atom is -0.341 e. The van der Waals surface area contributed by atoms with Crippen LogP contribution in [-0.2, 0) is 18.8 Å². The third-order valence-corrected chi connectivity index (χ3v) is 2.39. The molecule has 0 spiro atoms. The molecule has 0 saturated carbocycles. The van der Waals surface area contributed by atoms with E-state index < -0.39 is 25.3 Å². The van der Waals surface area contributed by atoms with Gasteiger partial charge in [-0.25, -0.2) is 0 Å². The standard InChI is InChI=1S/C6H11O6P/c1-6(11-2-3-12-6)5(7)4-13(8,9)10/h2-4H2,1H3,(H2,8,9,10). The summed E-state index contributed by atoms with van der Waals surface area (Å²) in [6, 6.07) is 0. The Kier molecular flexibility index (Phi) is 2.89. The molecule has 1 fully saturated rings. The number of Topliss-reactive ketones (excluding diaryl/α,β-unsaturated/α-hetero) is 1. The van der Waals surface area contributed by atoms with Gasteiger partial charge in [0, 0.05) is 0 Å². The lowest BCUT2D eigenvalue weighted by molar-refractivity contribution is -0.171. The van der Waals surface area contributed by atoms with Gasteiger partial charge < -0.3 is 19.3 Å². The molecule has 1 heterocycles. The van der Waals surface area contributed by atoms with Crippen molar-refractivity contribution in [1.29, 1.82) is 0 Å². The van der Waals surface area contributed by atoms with Gasteiger partial charge in [0.1, 0.15) is 6.16 Å². The normalized spacial score (nSPS) is 21.8. The molecule has 76 valence electrons. The van der Waals surface area contributed by atoms with E-state index in [1.165, 1.54) is 6.92 Å². The quantitative estimate of drug-likeness (QED) is 0.610. The first kappa shape index (κ1) is 10.8. The Balaban J connectivity index is 2.62. The molecular weight excluding hydrogens is 199 g/mol. The molecule has 1 saturated heterocycles. The number of ether oxygens (including phenoxy) is 2. The van der Waals surface area contributed by atoms with E-state index in [-0.39, 0.29) is 13.2 Å². The fourth-order valence-electron chi connectivity index (χ4n) is 1.01. The smallest absolute Gasteiger partial charge is 0.333 e. The molecule has 2 N–H and O–H groups in total. The summed E-state index contributed by atoms with van der Waals surface area (Å²) in [5.41, 5.74) is 0. The van der Waals surface area contributed by atoms with Crippen LogP contribution in [0, 0.1) is 0 Å². The van der Waals surface area contributed by atoms with Crippen molar-refractivity contribution in [3.63, 3.8) is 0 Å². The van der Waals surface area contributed by atoms with Crippen LogP contribution in [0.1, 0.15) is 6.92 Å². The van der Waals surface area contributed by atoms with Gasteiger partial charge in [-0.3, -0.25) is 9.36 Å². The van der Waals surface area contributed by atoms with Crippen LogP contribution in [0.2, 0.25) is 0 Å². The van der Waals surface area contributed by atoms with Gasteiger partial charge in [0.15, 0.2) is 0 Å². The monoisotopic (exact) mass is 210 g/mol. The molecule has 0 aromatic carbocycles. The van der Waals surface area contributed by atoms with Crippen molar-refractivity contribution in [3.05, 3.63) is 0 Å². The second-order valence-electron chi connectivity index (χ2n) is 2.89. The van der Waals surface area contributed by atoms with Crippen molar-refractivity contribution < 1.29 is 28.6 Å². The van der Waals surface area contributed by atoms with Crippen LogP contribution in [0.4, 0.5) is 0 Å². The third-order valence-electron chi connectivity index (χ3n) is 1.69. The topological polar surface area (TPSA) is 93.1 Å². The van der Waals surface area contributed by atoms with Crippen LogP contribution in [0.5, 0.6) is 0 Å². The van der Waals surface area contributed by atoms with Crippen molar-refractivity contribution in [2.24, 2.45) is 0 Å². The molecule has 6 nitrogen and oxygen atoms in total. The Morgan fingerprint density at radius 3 is 2.31 bits per heavy atom. The first-order chi connectivity index (χ1) is 5.83. The van der Waals surface area contributed by atoms with E-state index >= 15 is 0 Å². The van der Waals surface area contributed by atoms with Gasteiger partial charge in [-0.2, -0.15) is 0 Å². The SMILES string of the molecule is CC1(C(=O)CP(=O)(O)O)OCCO1. The van der Waals surface area contributed by atoms with Crippen molar-refractivity contribution in [1.82, 2.24) is 0 Å². The third kappa shape index (κ3) is 2.86. The molecule has 0 atom stereocenters. The summed E-state index contributed by atoms with van der Waals surface area (Å²) in [5, 5.41) is 0. The largest absolute Gasteiger partial charge is 0.341 e. The zero-order valence-electron chi connectivity index (χ0n) is 7.10. The van der Waals surface area contributed by atoms with Gasteiger partial charge in [-0.1, -0.05) is 0 Å². The van der Waals surface area contributed by atoms with Crippen LogP contribution in [0.3, 0.4) is 0 Å². The molecule has 0 unspecified atom stereocenters. The Bertz CT molecular complexity index is 250. The average molecular weight is 210 g/mol. The fourth-order valence-corrected chi connectivity index (χ4v) is 1.67. The van der Waals surface area contributed by atoms with E-state index in [2.05, 4.69) is 0 Å². The molecule has 0 radical (unpaired) electrons. The molecule has 0 aliphatic carbocycles. The first-order valence-electron chi connectivity index (χ1n) is 3.69. The zero-order valence-corrected chi connectivity index (χ0v) is 7.99. The second-order valence-corrected chi connectivity index (χ2v) is 4.53. The van der Waals surface area contributed by atoms with Crippen LogP contribution in [0.15, 0.2) is 0 Å². The van der Waals surface area contributed by atoms with Crippen molar-refractivity contribution in [3.8, 4) is 0 Å². The second kappa shape index (κ2) is 3.48. The van der Waals surface area contributed by atoms with Crippen LogP contribution in [-0.4, -0.2) is 40.7 Å². The molecule has 0 bridgehead atoms. The number of ketones is 1. The van der Waals surface area contributed by atoms with Gasteiger partial charge in [0.05, 0.1) is 13.2 Å². The highest BCUT2D eigenvalue weighted by Gasteiger charge is 2.41. The van der Waals surface area contributed by atoms with Crippen molar-refractivity contribution in [2.75, 3.05) is 19.4 Å². The molecule has 0 aromatic rings. The molecule has 1 rings (SSSR count). The Labute approximate surface area is 75.0 Å². The number of hydrogen-bond acceptors (Lipinski definition) is 4. The summed E-state index contributed by atoms with van der Waals surface area (Å²) in [6.45, 7) is 1.89. The van der Waals surface area contributed by atoms with E-state index in [1.807, 2.05) is 0 Å². The average Bonchev–Trinajstić information content (AvgIpc) is 2.33. The van der Waals surface area contributed by atoms with Gasteiger partial charge in [0.2, 0.25) is 11.6 Å². The number of carbonyl (C=O) groups excluding carboxylic acids is 1. The highest BCUT2D eigenvalue weighted by molar-refractivity contribution is 7.52. The summed E-state index contributed by atoms with van der Waals surface area (Å²) >= 11 is 0. The summed E-state index contributed by atoms with van der Waals surface area (Å²) in [4.78, 5) is 28.3. The zero-order chi connectivity index (χ0) is 10.1. The van der Waals surface area contributed by atoms with E-state index in [1.54, 1.807) is 0 Å². The van der Waals surface area contributed by atoms with Gasteiger partial charge in [-0.05, 0) is 6.92 Å². The summed E-state index contributed by atoms with van der Waals surface area (Å²) in [6.07, 6.45) is -0.844. The molecule has 13 heavy (non-hydrogen) atoms. The van der Waals surface area contributed by atoms with E-state index in [0.29, 0.717) is 0 Å². The Hall–Kier alpha value is -0.260. The summed E-state index contributed by atoms with van der Waals surface area (Å²) < 4.78 is 20.4. The van der Waals surface area contributed by atoms with Crippen LogP contribution >= 0.6 is 7.60 Å². The lowest BCUT2D eigenvalue weighted by atomic mass is 10.2. The van der Waals surface area contributed by atoms with E-state index in [9.17, 15) is 9.36 Å². The minimum atomic E-state index is -4.33. The number of hydrogen-bond donors (Lipinski definition) is 2. The molecular formula is C6H11O6P. The molecule has 0 amide bonds. The number of rotatable bonds is 3. The predicted octanol–water partition coefficient (Wildman–Crippen LogP) is -0.504.